The molecule has 1 aliphatic rings. The maximum atomic E-state index is 11.5. The SMILES string of the molecule is CCOc1cc(C2(C(=O)O)CC(C)C2)ccn1. The van der Waals surface area contributed by atoms with Crippen molar-refractivity contribution in [2.75, 3.05) is 6.61 Å². The van der Waals surface area contributed by atoms with Gasteiger partial charge in [-0.15, -0.1) is 0 Å². The van der Waals surface area contributed by atoms with Gasteiger partial charge < -0.3 is 9.84 Å². The van der Waals surface area contributed by atoms with Crippen LogP contribution < -0.4 is 4.74 Å². The van der Waals surface area contributed by atoms with Crippen LogP contribution in [0, 0.1) is 5.92 Å². The van der Waals surface area contributed by atoms with Gasteiger partial charge in [0.2, 0.25) is 5.88 Å². The van der Waals surface area contributed by atoms with Gasteiger partial charge in [0, 0.05) is 12.3 Å². The third kappa shape index (κ3) is 1.99. The lowest BCUT2D eigenvalue weighted by molar-refractivity contribution is -0.149. The highest BCUT2D eigenvalue weighted by Crippen LogP contribution is 2.48. The van der Waals surface area contributed by atoms with E-state index < -0.39 is 11.4 Å². The highest BCUT2D eigenvalue weighted by Gasteiger charge is 2.50. The number of carboxylic acids is 1. The van der Waals surface area contributed by atoms with Crippen LogP contribution in [0.15, 0.2) is 18.3 Å². The van der Waals surface area contributed by atoms with E-state index in [1.54, 1.807) is 18.3 Å². The first-order valence-corrected chi connectivity index (χ1v) is 5.91. The summed E-state index contributed by atoms with van der Waals surface area (Å²) in [5.41, 5.74) is 0.0790. The van der Waals surface area contributed by atoms with Crippen LogP contribution in [0.3, 0.4) is 0 Å². The molecule has 0 aromatic carbocycles. The van der Waals surface area contributed by atoms with Gasteiger partial charge in [-0.2, -0.15) is 0 Å². The maximum Gasteiger partial charge on any atom is 0.314 e. The second-order valence-electron chi connectivity index (χ2n) is 4.72. The Morgan fingerprint density at radius 2 is 2.35 bits per heavy atom. The molecule has 1 heterocycles. The molecule has 0 saturated heterocycles. The fourth-order valence-corrected chi connectivity index (χ4v) is 2.60. The van der Waals surface area contributed by atoms with Crippen molar-refractivity contribution in [2.45, 2.75) is 32.1 Å². The molecule has 0 radical (unpaired) electrons. The molecular formula is C13H17NO3. The molecule has 0 aliphatic heterocycles. The van der Waals surface area contributed by atoms with E-state index in [1.807, 2.05) is 6.92 Å². The Balaban J connectivity index is 2.31. The number of nitrogens with zero attached hydrogens (tertiary/aromatic N) is 1. The van der Waals surface area contributed by atoms with E-state index in [4.69, 9.17) is 4.74 Å². The van der Waals surface area contributed by atoms with Gasteiger partial charge in [0.05, 0.1) is 12.0 Å². The Hall–Kier alpha value is -1.58. The first kappa shape index (κ1) is 11.9. The molecule has 1 aromatic heterocycles. The van der Waals surface area contributed by atoms with Gasteiger partial charge in [0.1, 0.15) is 0 Å². The summed E-state index contributed by atoms with van der Waals surface area (Å²) in [4.78, 5) is 15.5. The molecule has 0 spiro atoms. The number of aliphatic carboxylic acids is 1. The average molecular weight is 235 g/mol. The predicted molar refractivity (Wildman–Crippen MR) is 63.1 cm³/mol. The second-order valence-corrected chi connectivity index (χ2v) is 4.72. The number of pyridine rings is 1. The van der Waals surface area contributed by atoms with E-state index in [0.29, 0.717) is 31.2 Å². The molecule has 1 saturated carbocycles. The summed E-state index contributed by atoms with van der Waals surface area (Å²) in [5.74, 6) is 0.226. The molecular weight excluding hydrogens is 218 g/mol. The average Bonchev–Trinajstić information content (AvgIpc) is 2.25. The smallest absolute Gasteiger partial charge is 0.314 e. The van der Waals surface area contributed by atoms with E-state index in [-0.39, 0.29) is 0 Å². The largest absolute Gasteiger partial charge is 0.481 e. The molecule has 1 fully saturated rings. The quantitative estimate of drug-likeness (QED) is 0.869. The fraction of sp³-hybridized carbons (Fsp3) is 0.538. The summed E-state index contributed by atoms with van der Waals surface area (Å²) in [7, 11) is 0. The van der Waals surface area contributed by atoms with Crippen LogP contribution in [0.4, 0.5) is 0 Å². The van der Waals surface area contributed by atoms with E-state index in [0.717, 1.165) is 5.56 Å². The normalized spacial score (nSPS) is 27.3. The number of ether oxygens (including phenoxy) is 1. The molecule has 0 unspecified atom stereocenters. The lowest BCUT2D eigenvalue weighted by Crippen LogP contribution is -2.46. The molecule has 4 heteroatoms. The van der Waals surface area contributed by atoms with Crippen LogP contribution in [0.25, 0.3) is 0 Å². The third-order valence-electron chi connectivity index (χ3n) is 3.38. The second kappa shape index (κ2) is 4.35. The fourth-order valence-electron chi connectivity index (χ4n) is 2.60. The highest BCUT2D eigenvalue weighted by atomic mass is 16.5. The van der Waals surface area contributed by atoms with Gasteiger partial charge in [-0.1, -0.05) is 6.92 Å². The van der Waals surface area contributed by atoms with Crippen molar-refractivity contribution >= 4 is 5.97 Å². The van der Waals surface area contributed by atoms with Crippen molar-refractivity contribution < 1.29 is 14.6 Å². The summed E-state index contributed by atoms with van der Waals surface area (Å²) in [6, 6.07) is 3.53. The minimum atomic E-state index is -0.746. The Labute approximate surface area is 101 Å². The monoisotopic (exact) mass is 235 g/mol. The van der Waals surface area contributed by atoms with Crippen LogP contribution in [-0.2, 0) is 10.2 Å². The Kier molecular flexibility index (Phi) is 3.05. The van der Waals surface area contributed by atoms with Crippen LogP contribution in [-0.4, -0.2) is 22.7 Å². The molecule has 0 bridgehead atoms. The molecule has 0 amide bonds. The number of aromatic nitrogens is 1. The molecule has 92 valence electrons. The molecule has 0 atom stereocenters. The number of hydrogen-bond acceptors (Lipinski definition) is 3. The first-order valence-electron chi connectivity index (χ1n) is 5.91. The predicted octanol–water partition coefficient (Wildman–Crippen LogP) is 2.23. The Morgan fingerprint density at radius 1 is 1.65 bits per heavy atom. The van der Waals surface area contributed by atoms with Crippen LogP contribution in [0.1, 0.15) is 32.3 Å². The van der Waals surface area contributed by atoms with Crippen molar-refractivity contribution in [2.24, 2.45) is 5.92 Å². The van der Waals surface area contributed by atoms with Gasteiger partial charge in [-0.05, 0) is 37.3 Å². The molecule has 4 nitrogen and oxygen atoms in total. The van der Waals surface area contributed by atoms with E-state index in [2.05, 4.69) is 11.9 Å². The topological polar surface area (TPSA) is 59.4 Å². The van der Waals surface area contributed by atoms with Gasteiger partial charge in [-0.25, -0.2) is 4.98 Å². The lowest BCUT2D eigenvalue weighted by atomic mass is 9.59. The van der Waals surface area contributed by atoms with Crippen LogP contribution >= 0.6 is 0 Å². The zero-order chi connectivity index (χ0) is 12.5. The van der Waals surface area contributed by atoms with Gasteiger partial charge in [0.15, 0.2) is 0 Å². The molecule has 1 aromatic rings. The van der Waals surface area contributed by atoms with Crippen molar-refractivity contribution in [3.05, 3.63) is 23.9 Å². The summed E-state index contributed by atoms with van der Waals surface area (Å²) in [6.45, 7) is 4.49. The molecule has 2 rings (SSSR count). The highest BCUT2D eigenvalue weighted by molar-refractivity contribution is 5.82. The maximum absolute atomic E-state index is 11.5. The first-order chi connectivity index (χ1) is 8.08. The van der Waals surface area contributed by atoms with E-state index in [1.165, 1.54) is 0 Å². The minimum Gasteiger partial charge on any atom is -0.481 e. The lowest BCUT2D eigenvalue weighted by Gasteiger charge is -2.43. The van der Waals surface area contributed by atoms with Crippen molar-refractivity contribution in [1.29, 1.82) is 0 Å². The summed E-state index contributed by atoms with van der Waals surface area (Å²) in [6.07, 6.45) is 3.00. The van der Waals surface area contributed by atoms with Gasteiger partial charge in [-0.3, -0.25) is 4.79 Å². The summed E-state index contributed by atoms with van der Waals surface area (Å²) >= 11 is 0. The number of rotatable bonds is 4. The Bertz CT molecular complexity index is 424. The van der Waals surface area contributed by atoms with E-state index >= 15 is 0 Å². The zero-order valence-corrected chi connectivity index (χ0v) is 10.1. The van der Waals surface area contributed by atoms with Crippen molar-refractivity contribution in [3.63, 3.8) is 0 Å². The van der Waals surface area contributed by atoms with Crippen molar-refractivity contribution in [1.82, 2.24) is 4.98 Å². The molecule has 1 aliphatic carbocycles. The van der Waals surface area contributed by atoms with Crippen LogP contribution in [0.2, 0.25) is 0 Å². The van der Waals surface area contributed by atoms with E-state index in [9.17, 15) is 9.90 Å². The summed E-state index contributed by atoms with van der Waals surface area (Å²) < 4.78 is 5.31. The van der Waals surface area contributed by atoms with Crippen molar-refractivity contribution in [3.8, 4) is 5.88 Å². The minimum absolute atomic E-state index is 0.467. The number of hydrogen-bond donors (Lipinski definition) is 1. The van der Waals surface area contributed by atoms with Crippen LogP contribution in [0.5, 0.6) is 5.88 Å². The van der Waals surface area contributed by atoms with Gasteiger partial charge >= 0.3 is 5.97 Å². The van der Waals surface area contributed by atoms with Gasteiger partial charge in [0.25, 0.3) is 0 Å². The molecule has 17 heavy (non-hydrogen) atoms. The zero-order valence-electron chi connectivity index (χ0n) is 10.1. The number of carbonyl (C=O) groups is 1. The summed E-state index contributed by atoms with van der Waals surface area (Å²) in [5, 5.41) is 9.41. The third-order valence-corrected chi connectivity index (χ3v) is 3.38. The number of carboxylic acid groups (broad SMARTS) is 1. The standard InChI is InChI=1S/C13H17NO3/c1-3-17-11-6-10(4-5-14-11)13(12(15)16)7-9(2)8-13/h4-6,9H,3,7-8H2,1-2H3,(H,15,16). The Morgan fingerprint density at radius 3 is 2.88 bits per heavy atom. The molecule has 1 N–H and O–H groups in total.